The van der Waals surface area contributed by atoms with Crippen molar-refractivity contribution in [2.75, 3.05) is 20.0 Å². The normalized spacial score (nSPS) is 10.3. The molecular formula is C12H15N3O2. The first kappa shape index (κ1) is 11.3. The summed E-state index contributed by atoms with van der Waals surface area (Å²) < 4.78 is 10.4. The van der Waals surface area contributed by atoms with E-state index in [2.05, 4.69) is 10.2 Å². The van der Waals surface area contributed by atoms with Gasteiger partial charge in [0.05, 0.1) is 25.6 Å². The molecule has 5 heteroatoms. The van der Waals surface area contributed by atoms with Gasteiger partial charge in [0, 0.05) is 5.56 Å². The van der Waals surface area contributed by atoms with Crippen molar-refractivity contribution in [1.29, 1.82) is 0 Å². The van der Waals surface area contributed by atoms with Gasteiger partial charge in [-0.2, -0.15) is 5.10 Å². The molecule has 0 amide bonds. The largest absolute Gasteiger partial charge is 0.493 e. The predicted molar refractivity (Wildman–Crippen MR) is 66.3 cm³/mol. The quantitative estimate of drug-likeness (QED) is 0.850. The number of hydrogen-bond acceptors (Lipinski definition) is 4. The Kier molecular flexibility index (Phi) is 2.91. The van der Waals surface area contributed by atoms with Crippen molar-refractivity contribution in [3.8, 4) is 22.8 Å². The van der Waals surface area contributed by atoms with E-state index in [9.17, 15) is 0 Å². The van der Waals surface area contributed by atoms with Crippen LogP contribution in [0.5, 0.6) is 11.5 Å². The van der Waals surface area contributed by atoms with Crippen molar-refractivity contribution in [3.05, 3.63) is 23.9 Å². The molecule has 0 fully saturated rings. The lowest BCUT2D eigenvalue weighted by Crippen LogP contribution is -1.92. The van der Waals surface area contributed by atoms with Crippen LogP contribution < -0.4 is 15.2 Å². The Morgan fingerprint density at radius 3 is 2.41 bits per heavy atom. The first-order valence-corrected chi connectivity index (χ1v) is 5.20. The summed E-state index contributed by atoms with van der Waals surface area (Å²) in [5.41, 5.74) is 9.06. The third-order valence-corrected chi connectivity index (χ3v) is 2.65. The molecule has 1 aromatic carbocycles. The second-order valence-electron chi connectivity index (χ2n) is 3.68. The van der Waals surface area contributed by atoms with E-state index in [1.807, 2.05) is 25.1 Å². The van der Waals surface area contributed by atoms with E-state index in [-0.39, 0.29) is 0 Å². The number of aromatic nitrogens is 2. The number of anilines is 1. The summed E-state index contributed by atoms with van der Waals surface area (Å²) in [5.74, 6) is 1.34. The Bertz CT molecular complexity index is 535. The predicted octanol–water partition coefficient (Wildman–Crippen LogP) is 1.98. The van der Waals surface area contributed by atoms with E-state index >= 15 is 0 Å². The zero-order valence-electron chi connectivity index (χ0n) is 10.1. The molecule has 3 N–H and O–H groups in total. The van der Waals surface area contributed by atoms with Gasteiger partial charge in [-0.15, -0.1) is 0 Å². The van der Waals surface area contributed by atoms with Gasteiger partial charge in [0.1, 0.15) is 5.69 Å². The molecule has 0 aliphatic heterocycles. The van der Waals surface area contributed by atoms with Gasteiger partial charge in [-0.05, 0) is 25.1 Å². The molecule has 90 valence electrons. The summed E-state index contributed by atoms with van der Waals surface area (Å²) in [6.07, 6.45) is 0. The van der Waals surface area contributed by atoms with Gasteiger partial charge in [0.25, 0.3) is 0 Å². The number of benzene rings is 1. The van der Waals surface area contributed by atoms with Crippen molar-refractivity contribution in [2.24, 2.45) is 0 Å². The maximum atomic E-state index is 5.93. The number of methoxy groups -OCH3 is 2. The summed E-state index contributed by atoms with van der Waals surface area (Å²) in [6.45, 7) is 1.88. The van der Waals surface area contributed by atoms with Gasteiger partial charge < -0.3 is 15.2 Å². The Morgan fingerprint density at radius 2 is 1.88 bits per heavy atom. The standard InChI is InChI=1S/C12H15N3O2/c1-7-11(13)12(15-14-7)8-4-5-9(16-2)10(6-8)17-3/h4-6H,13H2,1-3H3,(H,14,15). The Hall–Kier alpha value is -2.17. The number of H-pyrrole nitrogens is 1. The van der Waals surface area contributed by atoms with Crippen LogP contribution in [0.1, 0.15) is 5.69 Å². The van der Waals surface area contributed by atoms with Crippen LogP contribution in [0.2, 0.25) is 0 Å². The molecule has 0 radical (unpaired) electrons. The molecule has 1 heterocycles. The van der Waals surface area contributed by atoms with Crippen LogP contribution in [0, 0.1) is 6.92 Å². The molecule has 0 atom stereocenters. The fraction of sp³-hybridized carbons (Fsp3) is 0.250. The van der Waals surface area contributed by atoms with Crippen molar-refractivity contribution in [2.45, 2.75) is 6.92 Å². The second-order valence-corrected chi connectivity index (χ2v) is 3.68. The van der Waals surface area contributed by atoms with E-state index in [1.54, 1.807) is 14.2 Å². The van der Waals surface area contributed by atoms with Crippen molar-refractivity contribution in [3.63, 3.8) is 0 Å². The maximum absolute atomic E-state index is 5.93. The van der Waals surface area contributed by atoms with Crippen LogP contribution in [-0.2, 0) is 0 Å². The van der Waals surface area contributed by atoms with E-state index in [0.29, 0.717) is 17.2 Å². The Morgan fingerprint density at radius 1 is 1.18 bits per heavy atom. The molecule has 0 saturated heterocycles. The Balaban J connectivity index is 2.50. The molecule has 0 unspecified atom stereocenters. The van der Waals surface area contributed by atoms with Crippen LogP contribution >= 0.6 is 0 Å². The van der Waals surface area contributed by atoms with Gasteiger partial charge >= 0.3 is 0 Å². The zero-order chi connectivity index (χ0) is 12.4. The highest BCUT2D eigenvalue weighted by Gasteiger charge is 2.12. The maximum Gasteiger partial charge on any atom is 0.161 e. The minimum Gasteiger partial charge on any atom is -0.493 e. The molecule has 2 aromatic rings. The van der Waals surface area contributed by atoms with Crippen LogP contribution in [-0.4, -0.2) is 24.4 Å². The second kappa shape index (κ2) is 4.37. The summed E-state index contributed by atoms with van der Waals surface area (Å²) in [5, 5.41) is 7.02. The van der Waals surface area contributed by atoms with Crippen LogP contribution in [0.25, 0.3) is 11.3 Å². The summed E-state index contributed by atoms with van der Waals surface area (Å²) in [4.78, 5) is 0. The molecule has 0 aliphatic rings. The smallest absolute Gasteiger partial charge is 0.161 e. The van der Waals surface area contributed by atoms with E-state index in [0.717, 1.165) is 17.0 Å². The molecule has 2 rings (SSSR count). The number of aromatic amines is 1. The van der Waals surface area contributed by atoms with Crippen molar-refractivity contribution in [1.82, 2.24) is 10.2 Å². The Labute approximate surface area is 99.5 Å². The number of hydrogen-bond donors (Lipinski definition) is 2. The lowest BCUT2D eigenvalue weighted by molar-refractivity contribution is 0.355. The summed E-state index contributed by atoms with van der Waals surface area (Å²) in [7, 11) is 3.20. The molecule has 5 nitrogen and oxygen atoms in total. The van der Waals surface area contributed by atoms with Crippen LogP contribution in [0.4, 0.5) is 5.69 Å². The minimum atomic E-state index is 0.650. The fourth-order valence-corrected chi connectivity index (χ4v) is 1.64. The van der Waals surface area contributed by atoms with E-state index < -0.39 is 0 Å². The molecule has 0 bridgehead atoms. The average Bonchev–Trinajstić information content (AvgIpc) is 2.69. The van der Waals surface area contributed by atoms with Crippen LogP contribution in [0.15, 0.2) is 18.2 Å². The molecule has 0 aliphatic carbocycles. The monoisotopic (exact) mass is 233 g/mol. The van der Waals surface area contributed by atoms with Gasteiger partial charge in [-0.25, -0.2) is 0 Å². The summed E-state index contributed by atoms with van der Waals surface area (Å²) in [6, 6.07) is 5.58. The van der Waals surface area contributed by atoms with Gasteiger partial charge in [0.2, 0.25) is 0 Å². The summed E-state index contributed by atoms with van der Waals surface area (Å²) >= 11 is 0. The molecule has 17 heavy (non-hydrogen) atoms. The number of nitrogens with zero attached hydrogens (tertiary/aromatic N) is 1. The number of rotatable bonds is 3. The lowest BCUT2D eigenvalue weighted by atomic mass is 10.1. The number of aryl methyl sites for hydroxylation is 1. The topological polar surface area (TPSA) is 73.2 Å². The average molecular weight is 233 g/mol. The highest BCUT2D eigenvalue weighted by atomic mass is 16.5. The minimum absolute atomic E-state index is 0.650. The lowest BCUT2D eigenvalue weighted by Gasteiger charge is -2.08. The van der Waals surface area contributed by atoms with Crippen molar-refractivity contribution < 1.29 is 9.47 Å². The van der Waals surface area contributed by atoms with Crippen molar-refractivity contribution >= 4 is 5.69 Å². The van der Waals surface area contributed by atoms with E-state index in [1.165, 1.54) is 0 Å². The van der Waals surface area contributed by atoms with Crippen LogP contribution in [0.3, 0.4) is 0 Å². The molecule has 0 saturated carbocycles. The highest BCUT2D eigenvalue weighted by molar-refractivity contribution is 5.75. The van der Waals surface area contributed by atoms with Gasteiger partial charge in [0.15, 0.2) is 11.5 Å². The zero-order valence-corrected chi connectivity index (χ0v) is 10.1. The third-order valence-electron chi connectivity index (χ3n) is 2.65. The first-order valence-electron chi connectivity index (χ1n) is 5.20. The first-order chi connectivity index (χ1) is 8.17. The van der Waals surface area contributed by atoms with E-state index in [4.69, 9.17) is 15.2 Å². The number of nitrogen functional groups attached to an aromatic ring is 1. The number of nitrogens with two attached hydrogens (primary N) is 1. The van der Waals surface area contributed by atoms with Gasteiger partial charge in [-0.1, -0.05) is 0 Å². The molecule has 0 spiro atoms. The molecule has 1 aromatic heterocycles. The SMILES string of the molecule is COc1ccc(-c2n[nH]c(C)c2N)cc1OC. The molecular weight excluding hydrogens is 218 g/mol. The number of nitrogens with one attached hydrogen (secondary N) is 1. The number of ether oxygens (including phenoxy) is 2. The highest BCUT2D eigenvalue weighted by Crippen LogP contribution is 2.34. The third kappa shape index (κ3) is 1.91. The fourth-order valence-electron chi connectivity index (χ4n) is 1.64. The van der Waals surface area contributed by atoms with Gasteiger partial charge in [-0.3, -0.25) is 5.10 Å².